The summed E-state index contributed by atoms with van der Waals surface area (Å²) < 4.78 is 0. The molecule has 0 aromatic heterocycles. The highest BCUT2D eigenvalue weighted by atomic mass is 14.6. The average molecular weight is 82.1 g/mol. The van der Waals surface area contributed by atoms with Crippen molar-refractivity contribution in [2.45, 2.75) is 19.8 Å². The molecule has 3 atom stereocenters. The molecule has 2 aliphatic carbocycles. The predicted octanol–water partition coefficient (Wildman–Crippen LogP) is 1.66. The summed E-state index contributed by atoms with van der Waals surface area (Å²) >= 11 is 0. The van der Waals surface area contributed by atoms with Crippen molar-refractivity contribution in [3.8, 4) is 0 Å². The maximum atomic E-state index is 2.37. The third kappa shape index (κ3) is 0.184. The minimum absolute atomic E-state index is 1.11. The molecular formula is C6H10. The maximum absolute atomic E-state index is 2.37. The van der Waals surface area contributed by atoms with Gasteiger partial charge in [-0.2, -0.15) is 0 Å². The highest BCUT2D eigenvalue weighted by Gasteiger charge is 2.50. The summed E-state index contributed by atoms with van der Waals surface area (Å²) in [5, 5.41) is 0. The normalized spacial score (nSPS) is 62.5. The Kier molecular flexibility index (Phi) is 0.337. The first-order valence-electron chi connectivity index (χ1n) is 2.88. The smallest absolute Gasteiger partial charge is 0.0357 e. The van der Waals surface area contributed by atoms with Crippen LogP contribution in [0, 0.1) is 17.8 Å². The van der Waals surface area contributed by atoms with Gasteiger partial charge in [-0.15, -0.1) is 0 Å². The molecule has 34 valence electrons. The summed E-state index contributed by atoms with van der Waals surface area (Å²) in [7, 11) is 0. The van der Waals surface area contributed by atoms with Crippen molar-refractivity contribution in [3.63, 3.8) is 0 Å². The zero-order chi connectivity index (χ0) is 4.15. The van der Waals surface area contributed by atoms with Crippen LogP contribution in [0.1, 0.15) is 19.8 Å². The van der Waals surface area contributed by atoms with Crippen LogP contribution in [-0.2, 0) is 0 Å². The van der Waals surface area contributed by atoms with Gasteiger partial charge in [0.1, 0.15) is 0 Å². The SMILES string of the molecule is C[C@@H]1C[C@@H]2C[C@@H]21. The molecule has 0 unspecified atom stereocenters. The fourth-order valence-electron chi connectivity index (χ4n) is 1.70. The monoisotopic (exact) mass is 82.1 g/mol. The Morgan fingerprint density at radius 1 is 1.33 bits per heavy atom. The van der Waals surface area contributed by atoms with E-state index in [1.807, 2.05) is 0 Å². The van der Waals surface area contributed by atoms with E-state index in [4.69, 9.17) is 0 Å². The minimum Gasteiger partial charge on any atom is -0.0622 e. The molecule has 2 fully saturated rings. The molecule has 0 heteroatoms. The fraction of sp³-hybridized carbons (Fsp3) is 1.00. The van der Waals surface area contributed by atoms with Gasteiger partial charge in [0.05, 0.1) is 0 Å². The summed E-state index contributed by atoms with van der Waals surface area (Å²) in [6.07, 6.45) is 3.12. The number of rotatable bonds is 0. The van der Waals surface area contributed by atoms with E-state index in [-0.39, 0.29) is 0 Å². The average Bonchev–Trinajstić information content (AvgIpc) is 2.12. The molecule has 0 aromatic rings. The molecule has 0 aliphatic heterocycles. The molecule has 0 heterocycles. The third-order valence-corrected chi connectivity index (χ3v) is 2.38. The van der Waals surface area contributed by atoms with E-state index in [0.29, 0.717) is 0 Å². The molecule has 6 heavy (non-hydrogen) atoms. The van der Waals surface area contributed by atoms with Crippen molar-refractivity contribution in [1.29, 1.82) is 0 Å². The van der Waals surface area contributed by atoms with Gasteiger partial charge < -0.3 is 0 Å². The number of hydrogen-bond donors (Lipinski definition) is 0. The predicted molar refractivity (Wildman–Crippen MR) is 25.4 cm³/mol. The van der Waals surface area contributed by atoms with Gasteiger partial charge in [-0.25, -0.2) is 0 Å². The van der Waals surface area contributed by atoms with Crippen LogP contribution >= 0.6 is 0 Å². The quantitative estimate of drug-likeness (QED) is 0.417. The van der Waals surface area contributed by atoms with Crippen LogP contribution in [0.3, 0.4) is 0 Å². The van der Waals surface area contributed by atoms with Crippen LogP contribution in [0.4, 0.5) is 0 Å². The topological polar surface area (TPSA) is 0 Å². The molecule has 2 saturated carbocycles. The molecule has 0 nitrogen and oxygen atoms in total. The Morgan fingerprint density at radius 3 is 2.17 bits per heavy atom. The molecule has 2 rings (SSSR count). The van der Waals surface area contributed by atoms with E-state index in [9.17, 15) is 0 Å². The molecule has 2 aliphatic rings. The van der Waals surface area contributed by atoms with Crippen molar-refractivity contribution < 1.29 is 0 Å². The molecule has 0 aromatic carbocycles. The van der Waals surface area contributed by atoms with Crippen LogP contribution < -0.4 is 0 Å². The first-order valence-corrected chi connectivity index (χ1v) is 2.88. The van der Waals surface area contributed by atoms with E-state index in [1.165, 1.54) is 11.8 Å². The lowest BCUT2D eigenvalue weighted by atomic mass is 9.88. The molecule has 0 saturated heterocycles. The van der Waals surface area contributed by atoms with Crippen LogP contribution in [-0.4, -0.2) is 0 Å². The largest absolute Gasteiger partial charge is 0.0622 e. The Labute approximate surface area is 38.6 Å². The van der Waals surface area contributed by atoms with Crippen molar-refractivity contribution in [2.75, 3.05) is 0 Å². The number of fused-ring (bicyclic) bond motifs is 1. The first kappa shape index (κ1) is 3.06. The second-order valence-corrected chi connectivity index (χ2v) is 2.87. The Hall–Kier alpha value is 0. The Balaban J connectivity index is 2.08. The highest BCUT2D eigenvalue weighted by molar-refractivity contribution is 5.00. The van der Waals surface area contributed by atoms with Crippen molar-refractivity contribution in [1.82, 2.24) is 0 Å². The lowest BCUT2D eigenvalue weighted by Gasteiger charge is -2.18. The Morgan fingerprint density at radius 2 is 2.17 bits per heavy atom. The van der Waals surface area contributed by atoms with Crippen molar-refractivity contribution >= 4 is 0 Å². The van der Waals surface area contributed by atoms with Gasteiger partial charge in [-0.3, -0.25) is 0 Å². The van der Waals surface area contributed by atoms with Crippen molar-refractivity contribution in [2.24, 2.45) is 17.8 Å². The zero-order valence-electron chi connectivity index (χ0n) is 4.15. The summed E-state index contributed by atoms with van der Waals surface area (Å²) in [5.41, 5.74) is 0. The standard InChI is InChI=1S/C6H10/c1-4-2-5-3-6(4)5/h4-6H,2-3H2,1H3/t4-,5-,6-/m1/s1. The summed E-state index contributed by atoms with van der Waals surface area (Å²) in [6.45, 7) is 2.37. The second-order valence-electron chi connectivity index (χ2n) is 2.87. The molecule has 0 amide bonds. The minimum atomic E-state index is 1.11. The fourth-order valence-corrected chi connectivity index (χ4v) is 1.70. The molecule has 0 spiro atoms. The van der Waals surface area contributed by atoms with Crippen LogP contribution in [0.15, 0.2) is 0 Å². The van der Waals surface area contributed by atoms with Gasteiger partial charge in [0.2, 0.25) is 0 Å². The highest BCUT2D eigenvalue weighted by Crippen LogP contribution is 2.59. The van der Waals surface area contributed by atoms with Crippen molar-refractivity contribution in [3.05, 3.63) is 0 Å². The van der Waals surface area contributed by atoms with E-state index >= 15 is 0 Å². The second kappa shape index (κ2) is 0.661. The lowest BCUT2D eigenvalue weighted by Crippen LogP contribution is -2.10. The third-order valence-electron chi connectivity index (χ3n) is 2.38. The summed E-state index contributed by atoms with van der Waals surface area (Å²) in [6, 6.07) is 0. The molecule has 0 bridgehead atoms. The molecule has 0 N–H and O–H groups in total. The van der Waals surface area contributed by atoms with Gasteiger partial charge in [0, 0.05) is 0 Å². The van der Waals surface area contributed by atoms with Gasteiger partial charge >= 0.3 is 0 Å². The number of hydrogen-bond acceptors (Lipinski definition) is 0. The van der Waals surface area contributed by atoms with Crippen LogP contribution in [0.2, 0.25) is 0 Å². The van der Waals surface area contributed by atoms with Crippen LogP contribution in [0.5, 0.6) is 0 Å². The van der Waals surface area contributed by atoms with E-state index in [2.05, 4.69) is 6.92 Å². The van der Waals surface area contributed by atoms with Crippen LogP contribution in [0.25, 0.3) is 0 Å². The zero-order valence-corrected chi connectivity index (χ0v) is 4.15. The van der Waals surface area contributed by atoms with Gasteiger partial charge in [0.25, 0.3) is 0 Å². The van der Waals surface area contributed by atoms with Gasteiger partial charge in [0.15, 0.2) is 0 Å². The Bertz CT molecular complexity index is 76.1. The lowest BCUT2D eigenvalue weighted by molar-refractivity contribution is 0.317. The summed E-state index contributed by atoms with van der Waals surface area (Å²) in [5.74, 6) is 3.51. The first-order chi connectivity index (χ1) is 2.88. The molecular weight excluding hydrogens is 72.1 g/mol. The van der Waals surface area contributed by atoms with E-state index in [1.54, 1.807) is 12.8 Å². The van der Waals surface area contributed by atoms with Gasteiger partial charge in [-0.1, -0.05) is 6.92 Å². The van der Waals surface area contributed by atoms with E-state index in [0.717, 1.165) is 5.92 Å². The maximum Gasteiger partial charge on any atom is -0.0357 e. The van der Waals surface area contributed by atoms with E-state index < -0.39 is 0 Å². The van der Waals surface area contributed by atoms with Gasteiger partial charge in [-0.05, 0) is 30.6 Å². The molecule has 0 radical (unpaired) electrons. The summed E-state index contributed by atoms with van der Waals surface area (Å²) in [4.78, 5) is 0.